The molecule has 0 fully saturated rings. The van der Waals surface area contributed by atoms with Gasteiger partial charge in [0.15, 0.2) is 11.3 Å². The van der Waals surface area contributed by atoms with Gasteiger partial charge in [0.25, 0.3) is 0 Å². The molecule has 5 heteroatoms. The van der Waals surface area contributed by atoms with E-state index in [4.69, 9.17) is 5.73 Å². The van der Waals surface area contributed by atoms with Crippen LogP contribution in [-0.4, -0.2) is 17.5 Å². The predicted octanol–water partition coefficient (Wildman–Crippen LogP) is 1.64. The van der Waals surface area contributed by atoms with Crippen LogP contribution in [0.4, 0.5) is 13.2 Å². The van der Waals surface area contributed by atoms with Crippen molar-refractivity contribution in [1.29, 1.82) is 0 Å². The average Bonchev–Trinajstić information content (AvgIpc) is 2.02. The first-order valence-electron chi connectivity index (χ1n) is 4.02. The molecule has 0 aliphatic rings. The van der Waals surface area contributed by atoms with E-state index < -0.39 is 17.5 Å². The van der Waals surface area contributed by atoms with Gasteiger partial charge in [-0.1, -0.05) is 0 Å². The zero-order valence-corrected chi connectivity index (χ0v) is 8.03. The van der Waals surface area contributed by atoms with Gasteiger partial charge in [-0.3, -0.25) is 4.79 Å². The van der Waals surface area contributed by atoms with Gasteiger partial charge < -0.3 is 5.73 Å². The van der Waals surface area contributed by atoms with Gasteiger partial charge in [0.1, 0.15) is 0 Å². The van der Waals surface area contributed by atoms with Crippen LogP contribution in [0.3, 0.4) is 0 Å². The predicted molar refractivity (Wildman–Crippen MR) is 46.3 cm³/mol. The molecule has 0 heterocycles. The summed E-state index contributed by atoms with van der Waals surface area (Å²) in [6, 6.07) is 0. The Bertz CT molecular complexity index is 270. The van der Waals surface area contributed by atoms with Gasteiger partial charge in [-0.2, -0.15) is 13.2 Å². The highest BCUT2D eigenvalue weighted by molar-refractivity contribution is 5.88. The second-order valence-corrected chi connectivity index (χ2v) is 3.05. The summed E-state index contributed by atoms with van der Waals surface area (Å²) >= 11 is 0. The lowest BCUT2D eigenvalue weighted by Gasteiger charge is -2.25. The molecule has 2 nitrogen and oxygen atoms in total. The first-order valence-corrected chi connectivity index (χ1v) is 4.02. The Morgan fingerprint density at radius 2 is 1.93 bits per heavy atom. The van der Waals surface area contributed by atoms with Crippen LogP contribution in [0.15, 0.2) is 0 Å². The number of alkyl halides is 3. The molecule has 0 rings (SSSR count). The van der Waals surface area contributed by atoms with E-state index in [9.17, 15) is 18.0 Å². The Kier molecular flexibility index (Phi) is 4.14. The summed E-state index contributed by atoms with van der Waals surface area (Å²) in [5.41, 5.74) is 2.14. The average molecular weight is 207 g/mol. The Morgan fingerprint density at radius 1 is 1.43 bits per heavy atom. The van der Waals surface area contributed by atoms with Gasteiger partial charge in [-0.15, -0.1) is 11.8 Å². The molecule has 0 spiro atoms. The van der Waals surface area contributed by atoms with Crippen LogP contribution in [-0.2, 0) is 4.79 Å². The van der Waals surface area contributed by atoms with E-state index in [2.05, 4.69) is 11.8 Å². The second kappa shape index (κ2) is 4.47. The van der Waals surface area contributed by atoms with E-state index in [1.807, 2.05) is 0 Å². The molecule has 80 valence electrons. The number of ketones is 1. The fourth-order valence-electron chi connectivity index (χ4n) is 0.719. The Balaban J connectivity index is 4.42. The first-order chi connectivity index (χ1) is 6.23. The molecule has 2 N–H and O–H groups in total. The molecular weight excluding hydrogens is 195 g/mol. The van der Waals surface area contributed by atoms with Gasteiger partial charge in [-0.05, 0) is 13.8 Å². The molecule has 0 aromatic rings. The SMILES string of the molecule is CC#CCCC(=O)C(C)(N)C(F)(F)F. The number of hydrogen-bond donors (Lipinski definition) is 1. The minimum Gasteiger partial charge on any atom is -0.312 e. The summed E-state index contributed by atoms with van der Waals surface area (Å²) in [5.74, 6) is 3.96. The van der Waals surface area contributed by atoms with Crippen molar-refractivity contribution in [2.24, 2.45) is 5.73 Å². The molecule has 0 aromatic heterocycles. The maximum absolute atomic E-state index is 12.2. The highest BCUT2D eigenvalue weighted by Crippen LogP contribution is 2.29. The summed E-state index contributed by atoms with van der Waals surface area (Å²) in [4.78, 5) is 11.1. The molecule has 0 saturated heterocycles. The smallest absolute Gasteiger partial charge is 0.312 e. The molecule has 0 bridgehead atoms. The second-order valence-electron chi connectivity index (χ2n) is 3.05. The quantitative estimate of drug-likeness (QED) is 0.715. The van der Waals surface area contributed by atoms with Gasteiger partial charge in [0, 0.05) is 12.8 Å². The number of Topliss-reactive ketones (excluding diaryl/α,β-unsaturated/α-hetero) is 1. The van der Waals surface area contributed by atoms with Crippen LogP contribution in [0.5, 0.6) is 0 Å². The normalized spacial score (nSPS) is 15.3. The van der Waals surface area contributed by atoms with E-state index in [0.717, 1.165) is 0 Å². The van der Waals surface area contributed by atoms with Crippen LogP contribution in [0, 0.1) is 11.8 Å². The molecule has 0 aliphatic carbocycles. The van der Waals surface area contributed by atoms with Crippen molar-refractivity contribution in [3.63, 3.8) is 0 Å². The van der Waals surface area contributed by atoms with Crippen molar-refractivity contribution in [2.45, 2.75) is 38.4 Å². The zero-order valence-electron chi connectivity index (χ0n) is 8.03. The minimum atomic E-state index is -4.70. The minimum absolute atomic E-state index is 0.109. The lowest BCUT2D eigenvalue weighted by Crippen LogP contribution is -2.57. The van der Waals surface area contributed by atoms with Crippen molar-refractivity contribution in [3.05, 3.63) is 0 Å². The van der Waals surface area contributed by atoms with E-state index in [-0.39, 0.29) is 12.8 Å². The Labute approximate surface area is 80.7 Å². The van der Waals surface area contributed by atoms with Crippen LogP contribution in [0.25, 0.3) is 0 Å². The maximum atomic E-state index is 12.2. The molecule has 1 atom stereocenters. The standard InChI is InChI=1S/C9H12F3NO/c1-3-4-5-6-7(14)8(2,13)9(10,11)12/h5-6,13H2,1-2H3. The van der Waals surface area contributed by atoms with Crippen molar-refractivity contribution >= 4 is 5.78 Å². The summed E-state index contributed by atoms with van der Waals surface area (Å²) in [5, 5.41) is 0. The molecule has 1 unspecified atom stereocenters. The fourth-order valence-corrected chi connectivity index (χ4v) is 0.719. The first kappa shape index (κ1) is 13.0. The van der Waals surface area contributed by atoms with Crippen molar-refractivity contribution in [2.75, 3.05) is 0 Å². The third-order valence-corrected chi connectivity index (χ3v) is 1.82. The largest absolute Gasteiger partial charge is 0.413 e. The number of rotatable bonds is 3. The number of carbonyl (C=O) groups is 1. The summed E-state index contributed by atoms with van der Waals surface area (Å²) in [6.45, 7) is 2.23. The van der Waals surface area contributed by atoms with E-state index in [0.29, 0.717) is 6.92 Å². The molecule has 0 amide bonds. The molecule has 0 radical (unpaired) electrons. The van der Waals surface area contributed by atoms with Gasteiger partial charge in [0.2, 0.25) is 0 Å². The van der Waals surface area contributed by atoms with Gasteiger partial charge in [-0.25, -0.2) is 0 Å². The Morgan fingerprint density at radius 3 is 2.29 bits per heavy atom. The molecule has 0 aromatic carbocycles. The highest BCUT2D eigenvalue weighted by Gasteiger charge is 2.52. The van der Waals surface area contributed by atoms with Crippen LogP contribution >= 0.6 is 0 Å². The van der Waals surface area contributed by atoms with Gasteiger partial charge in [0.05, 0.1) is 0 Å². The van der Waals surface area contributed by atoms with Crippen LogP contribution in [0.1, 0.15) is 26.7 Å². The number of carbonyl (C=O) groups excluding carboxylic acids is 1. The van der Waals surface area contributed by atoms with E-state index >= 15 is 0 Å². The summed E-state index contributed by atoms with van der Waals surface area (Å²) < 4.78 is 36.6. The fraction of sp³-hybridized carbons (Fsp3) is 0.667. The third kappa shape index (κ3) is 3.04. The molecular formula is C9H12F3NO. The molecule has 0 aliphatic heterocycles. The van der Waals surface area contributed by atoms with Crippen LogP contribution in [0.2, 0.25) is 0 Å². The monoisotopic (exact) mass is 207 g/mol. The topological polar surface area (TPSA) is 43.1 Å². The zero-order chi connectivity index (χ0) is 11.4. The summed E-state index contributed by atoms with van der Waals surface area (Å²) in [7, 11) is 0. The van der Waals surface area contributed by atoms with Crippen molar-refractivity contribution in [3.8, 4) is 11.8 Å². The highest BCUT2D eigenvalue weighted by atomic mass is 19.4. The lowest BCUT2D eigenvalue weighted by atomic mass is 9.94. The third-order valence-electron chi connectivity index (χ3n) is 1.82. The van der Waals surface area contributed by atoms with Crippen molar-refractivity contribution < 1.29 is 18.0 Å². The number of nitrogens with two attached hydrogens (primary N) is 1. The Hall–Kier alpha value is -1.02. The van der Waals surface area contributed by atoms with E-state index in [1.165, 1.54) is 0 Å². The van der Waals surface area contributed by atoms with E-state index in [1.54, 1.807) is 6.92 Å². The number of hydrogen-bond acceptors (Lipinski definition) is 2. The molecule has 0 saturated carbocycles. The van der Waals surface area contributed by atoms with Crippen LogP contribution < -0.4 is 5.73 Å². The summed E-state index contributed by atoms with van der Waals surface area (Å²) in [6.07, 6.45) is -4.87. The maximum Gasteiger partial charge on any atom is 0.413 e. The number of halogens is 3. The lowest BCUT2D eigenvalue weighted by molar-refractivity contribution is -0.186. The van der Waals surface area contributed by atoms with Gasteiger partial charge >= 0.3 is 6.18 Å². The molecule has 14 heavy (non-hydrogen) atoms. The van der Waals surface area contributed by atoms with Crippen molar-refractivity contribution in [1.82, 2.24) is 0 Å².